The zero-order valence-electron chi connectivity index (χ0n) is 13.6. The van der Waals surface area contributed by atoms with E-state index in [2.05, 4.69) is 5.32 Å². The van der Waals surface area contributed by atoms with Gasteiger partial charge in [0.1, 0.15) is 24.3 Å². The lowest BCUT2D eigenvalue weighted by atomic mass is 10.1. The van der Waals surface area contributed by atoms with Crippen molar-refractivity contribution in [3.05, 3.63) is 71.3 Å². The summed E-state index contributed by atoms with van der Waals surface area (Å²) in [4.78, 5) is 35.3. The number of esters is 1. The number of amides is 2. The fourth-order valence-electron chi connectivity index (χ4n) is 2.11. The molecule has 0 aliphatic heterocycles. The number of primary amides is 1. The highest BCUT2D eigenvalue weighted by Crippen LogP contribution is 2.09. The molecule has 0 fully saturated rings. The minimum Gasteiger partial charge on any atom is -0.461 e. The first-order valence-electron chi connectivity index (χ1n) is 7.61. The molecule has 2 rings (SSSR count). The van der Waals surface area contributed by atoms with Crippen molar-refractivity contribution >= 4 is 17.8 Å². The molecule has 1 atom stereocenters. The number of carbonyl (C=O) groups is 3. The van der Waals surface area contributed by atoms with Gasteiger partial charge in [-0.05, 0) is 17.7 Å². The predicted octanol–water partition coefficient (Wildman–Crippen LogP) is 1.68. The van der Waals surface area contributed by atoms with Gasteiger partial charge >= 0.3 is 5.97 Å². The molecule has 2 amide bonds. The smallest absolute Gasteiger partial charge is 0.308 e. The largest absolute Gasteiger partial charge is 0.461 e. The van der Waals surface area contributed by atoms with Crippen LogP contribution in [0.4, 0.5) is 8.78 Å². The molecule has 0 aliphatic carbocycles. The lowest BCUT2D eigenvalue weighted by Crippen LogP contribution is -2.46. The maximum atomic E-state index is 13.2. The minimum absolute atomic E-state index is 0.00574. The molecule has 0 radical (unpaired) electrons. The molecular formula is C18H16F2N2O4. The number of benzene rings is 2. The Labute approximate surface area is 147 Å². The summed E-state index contributed by atoms with van der Waals surface area (Å²) < 4.78 is 31.4. The van der Waals surface area contributed by atoms with Gasteiger partial charge in [-0.2, -0.15) is 0 Å². The number of ether oxygens (including phenoxy) is 1. The third kappa shape index (κ3) is 5.66. The third-order valence-corrected chi connectivity index (χ3v) is 3.39. The van der Waals surface area contributed by atoms with E-state index in [9.17, 15) is 23.2 Å². The number of hydrogen-bond acceptors (Lipinski definition) is 4. The lowest BCUT2D eigenvalue weighted by molar-refractivity contribution is -0.146. The molecule has 2 aromatic rings. The van der Waals surface area contributed by atoms with Gasteiger partial charge in [0, 0.05) is 11.6 Å². The topological polar surface area (TPSA) is 98.5 Å². The maximum Gasteiger partial charge on any atom is 0.308 e. The average Bonchev–Trinajstić information content (AvgIpc) is 2.59. The van der Waals surface area contributed by atoms with Crippen molar-refractivity contribution in [3.8, 4) is 0 Å². The first kappa shape index (κ1) is 19.0. The van der Waals surface area contributed by atoms with Crippen LogP contribution in [0.2, 0.25) is 0 Å². The molecule has 0 heterocycles. The Hall–Kier alpha value is -3.29. The molecule has 0 saturated carbocycles. The minimum atomic E-state index is -1.38. The molecule has 136 valence electrons. The van der Waals surface area contributed by atoms with Gasteiger partial charge in [-0.1, -0.05) is 30.3 Å². The van der Waals surface area contributed by atoms with E-state index in [4.69, 9.17) is 10.5 Å². The van der Waals surface area contributed by atoms with Crippen molar-refractivity contribution in [1.29, 1.82) is 0 Å². The van der Waals surface area contributed by atoms with Crippen LogP contribution in [0.3, 0.4) is 0 Å². The molecular weight excluding hydrogens is 346 g/mol. The molecule has 0 aliphatic rings. The highest BCUT2D eigenvalue weighted by Gasteiger charge is 2.23. The van der Waals surface area contributed by atoms with Gasteiger partial charge in [-0.15, -0.1) is 0 Å². The van der Waals surface area contributed by atoms with E-state index in [1.807, 2.05) is 0 Å². The molecule has 0 saturated heterocycles. The molecule has 8 heteroatoms. The number of hydrogen-bond donors (Lipinski definition) is 2. The van der Waals surface area contributed by atoms with Gasteiger partial charge in [-0.3, -0.25) is 14.4 Å². The summed E-state index contributed by atoms with van der Waals surface area (Å²) in [7, 11) is 0. The third-order valence-electron chi connectivity index (χ3n) is 3.39. The van der Waals surface area contributed by atoms with Crippen molar-refractivity contribution < 1.29 is 27.9 Å². The van der Waals surface area contributed by atoms with Crippen molar-refractivity contribution in [2.75, 3.05) is 0 Å². The van der Waals surface area contributed by atoms with Crippen LogP contribution in [-0.2, 0) is 20.9 Å². The molecule has 6 nitrogen and oxygen atoms in total. The Morgan fingerprint density at radius 3 is 2.23 bits per heavy atom. The van der Waals surface area contributed by atoms with Crippen LogP contribution in [0.15, 0.2) is 48.5 Å². The second-order valence-electron chi connectivity index (χ2n) is 5.44. The summed E-state index contributed by atoms with van der Waals surface area (Å²) in [5.74, 6) is -4.58. The number of nitrogens with two attached hydrogens (primary N) is 1. The summed E-state index contributed by atoms with van der Waals surface area (Å²) in [5.41, 5.74) is 5.57. The Morgan fingerprint density at radius 1 is 1.04 bits per heavy atom. The van der Waals surface area contributed by atoms with Gasteiger partial charge in [-0.25, -0.2) is 8.78 Å². The first-order chi connectivity index (χ1) is 12.3. The van der Waals surface area contributed by atoms with E-state index in [1.165, 1.54) is 0 Å². The van der Waals surface area contributed by atoms with Crippen LogP contribution < -0.4 is 11.1 Å². The van der Waals surface area contributed by atoms with Crippen LogP contribution >= 0.6 is 0 Å². The summed E-state index contributed by atoms with van der Waals surface area (Å²) >= 11 is 0. The van der Waals surface area contributed by atoms with Gasteiger partial charge in [0.25, 0.3) is 5.91 Å². The van der Waals surface area contributed by atoms with Crippen molar-refractivity contribution in [2.24, 2.45) is 5.73 Å². The zero-order valence-corrected chi connectivity index (χ0v) is 13.6. The fraction of sp³-hybridized carbons (Fsp3) is 0.167. The molecule has 0 bridgehead atoms. The summed E-state index contributed by atoms with van der Waals surface area (Å²) in [5, 5.41) is 2.17. The van der Waals surface area contributed by atoms with Crippen LogP contribution in [0, 0.1) is 11.6 Å². The molecule has 0 spiro atoms. The first-order valence-corrected chi connectivity index (χ1v) is 7.61. The highest BCUT2D eigenvalue weighted by molar-refractivity contribution is 5.98. The number of rotatable bonds is 7. The van der Waals surface area contributed by atoms with Crippen LogP contribution in [0.1, 0.15) is 22.3 Å². The van der Waals surface area contributed by atoms with E-state index in [0.717, 1.165) is 17.7 Å². The molecule has 3 N–H and O–H groups in total. The van der Waals surface area contributed by atoms with E-state index >= 15 is 0 Å². The standard InChI is InChI=1S/C18H16F2N2O4/c19-13-6-12(7-14(20)8-13)18(25)22-15(17(21)24)9-16(23)26-10-11-4-2-1-3-5-11/h1-8,15H,9-10H2,(H2,21,24)(H,22,25)/t15-/m1/s1. The number of nitrogens with one attached hydrogen (secondary N) is 1. The predicted molar refractivity (Wildman–Crippen MR) is 87.7 cm³/mol. The van der Waals surface area contributed by atoms with Crippen LogP contribution in [-0.4, -0.2) is 23.8 Å². The van der Waals surface area contributed by atoms with Gasteiger partial charge in [0.2, 0.25) is 5.91 Å². The average molecular weight is 362 g/mol. The van der Waals surface area contributed by atoms with Crippen molar-refractivity contribution in [2.45, 2.75) is 19.1 Å². The Morgan fingerprint density at radius 2 is 1.65 bits per heavy atom. The van der Waals surface area contributed by atoms with E-state index < -0.39 is 41.9 Å². The van der Waals surface area contributed by atoms with Crippen LogP contribution in [0.5, 0.6) is 0 Å². The summed E-state index contributed by atoms with van der Waals surface area (Å²) in [6.45, 7) is -0.00574. The maximum absolute atomic E-state index is 13.2. The molecule has 26 heavy (non-hydrogen) atoms. The van der Waals surface area contributed by atoms with E-state index in [0.29, 0.717) is 6.07 Å². The SMILES string of the molecule is NC(=O)[C@@H](CC(=O)OCc1ccccc1)NC(=O)c1cc(F)cc(F)c1. The second kappa shape index (κ2) is 8.70. The monoisotopic (exact) mass is 362 g/mol. The molecule has 0 aromatic heterocycles. The second-order valence-corrected chi connectivity index (χ2v) is 5.44. The Kier molecular flexibility index (Phi) is 6.37. The van der Waals surface area contributed by atoms with Gasteiger partial charge < -0.3 is 15.8 Å². The number of carbonyl (C=O) groups excluding carboxylic acids is 3. The van der Waals surface area contributed by atoms with E-state index in [-0.39, 0.29) is 12.2 Å². The highest BCUT2D eigenvalue weighted by atomic mass is 19.1. The fourth-order valence-corrected chi connectivity index (χ4v) is 2.11. The quantitative estimate of drug-likeness (QED) is 0.732. The molecule has 2 aromatic carbocycles. The zero-order chi connectivity index (χ0) is 19.1. The summed E-state index contributed by atoms with van der Waals surface area (Å²) in [6.07, 6.45) is -0.508. The lowest BCUT2D eigenvalue weighted by Gasteiger charge is -2.15. The van der Waals surface area contributed by atoms with Crippen molar-refractivity contribution in [1.82, 2.24) is 5.32 Å². The van der Waals surface area contributed by atoms with Gasteiger partial charge in [0.05, 0.1) is 6.42 Å². The Balaban J connectivity index is 1.96. The van der Waals surface area contributed by atoms with Crippen LogP contribution in [0.25, 0.3) is 0 Å². The summed E-state index contributed by atoms with van der Waals surface area (Å²) in [6, 6.07) is 9.66. The normalized spacial score (nSPS) is 11.5. The van der Waals surface area contributed by atoms with E-state index in [1.54, 1.807) is 30.3 Å². The molecule has 0 unspecified atom stereocenters. The van der Waals surface area contributed by atoms with Gasteiger partial charge in [0.15, 0.2) is 0 Å². The number of halogens is 2. The Bertz CT molecular complexity index is 792. The van der Waals surface area contributed by atoms with Crippen molar-refractivity contribution in [3.63, 3.8) is 0 Å².